The van der Waals surface area contributed by atoms with Crippen molar-refractivity contribution in [3.05, 3.63) is 28.2 Å². The number of anilines is 1. The lowest BCUT2D eigenvalue weighted by molar-refractivity contribution is 0.208. The van der Waals surface area contributed by atoms with Crippen molar-refractivity contribution in [3.63, 3.8) is 0 Å². The zero-order valence-electron chi connectivity index (χ0n) is 8.60. The van der Waals surface area contributed by atoms with E-state index >= 15 is 0 Å². The molecule has 1 aromatic carbocycles. The second-order valence-electron chi connectivity index (χ2n) is 3.41. The summed E-state index contributed by atoms with van der Waals surface area (Å²) in [4.78, 5) is 0. The highest BCUT2D eigenvalue weighted by Crippen LogP contribution is 2.25. The van der Waals surface area contributed by atoms with Crippen LogP contribution in [0.1, 0.15) is 0 Å². The third kappa shape index (κ3) is 5.56. The predicted molar refractivity (Wildman–Crippen MR) is 67.4 cm³/mol. The molecule has 0 radical (unpaired) electrons. The van der Waals surface area contributed by atoms with E-state index in [1.807, 2.05) is 0 Å². The summed E-state index contributed by atoms with van der Waals surface area (Å²) >= 11 is 11.6. The summed E-state index contributed by atoms with van der Waals surface area (Å²) in [6, 6.07) is 4.72. The van der Waals surface area contributed by atoms with Crippen LogP contribution in [-0.4, -0.2) is 36.5 Å². The van der Waals surface area contributed by atoms with Crippen molar-refractivity contribution in [3.8, 4) is 0 Å². The molecule has 1 unspecified atom stereocenters. The van der Waals surface area contributed by atoms with Crippen molar-refractivity contribution >= 4 is 39.0 Å². The standard InChI is InChI=1S/C9H11Cl2NO4S/c10-6-1-2-8(11)9(3-6)12-4-7(13)5-17(14,15)16/h1-3,7,12-13H,4-5H2,(H,14,15,16). The first-order valence-electron chi connectivity index (χ1n) is 4.60. The number of benzene rings is 1. The van der Waals surface area contributed by atoms with Crippen LogP contribution in [0.3, 0.4) is 0 Å². The van der Waals surface area contributed by atoms with Crippen LogP contribution in [0.25, 0.3) is 0 Å². The first kappa shape index (κ1) is 14.5. The van der Waals surface area contributed by atoms with Crippen molar-refractivity contribution in [2.75, 3.05) is 17.6 Å². The third-order valence-corrected chi connectivity index (χ3v) is 3.23. The third-order valence-electron chi connectivity index (χ3n) is 1.86. The molecule has 0 saturated heterocycles. The van der Waals surface area contributed by atoms with E-state index in [4.69, 9.17) is 27.8 Å². The molecule has 0 aliphatic carbocycles. The smallest absolute Gasteiger partial charge is 0.267 e. The summed E-state index contributed by atoms with van der Waals surface area (Å²) in [5.74, 6) is -0.738. The number of aliphatic hydroxyl groups is 1. The molecular formula is C9H11Cl2NO4S. The minimum absolute atomic E-state index is 0.0696. The Hall–Kier alpha value is -0.530. The van der Waals surface area contributed by atoms with Crippen molar-refractivity contribution in [2.45, 2.75) is 6.10 Å². The number of halogens is 2. The summed E-state index contributed by atoms with van der Waals surface area (Å²) in [6.07, 6.45) is -1.24. The van der Waals surface area contributed by atoms with E-state index in [1.54, 1.807) is 18.2 Å². The first-order valence-corrected chi connectivity index (χ1v) is 6.96. The molecule has 0 aliphatic rings. The molecule has 0 amide bonds. The van der Waals surface area contributed by atoms with E-state index in [-0.39, 0.29) is 6.54 Å². The van der Waals surface area contributed by atoms with Crippen LogP contribution < -0.4 is 5.32 Å². The molecule has 0 heterocycles. The zero-order chi connectivity index (χ0) is 13.1. The quantitative estimate of drug-likeness (QED) is 0.720. The molecule has 0 bridgehead atoms. The average Bonchev–Trinajstić information content (AvgIpc) is 2.17. The van der Waals surface area contributed by atoms with Gasteiger partial charge in [-0.2, -0.15) is 8.42 Å². The van der Waals surface area contributed by atoms with Gasteiger partial charge in [0.1, 0.15) is 5.75 Å². The fourth-order valence-electron chi connectivity index (χ4n) is 1.16. The second-order valence-corrected chi connectivity index (χ2v) is 5.75. The highest BCUT2D eigenvalue weighted by atomic mass is 35.5. The summed E-state index contributed by atoms with van der Waals surface area (Å²) in [5.41, 5.74) is 0.480. The second kappa shape index (κ2) is 5.88. The van der Waals surface area contributed by atoms with Crippen LogP contribution >= 0.6 is 23.2 Å². The molecule has 17 heavy (non-hydrogen) atoms. The van der Waals surface area contributed by atoms with Gasteiger partial charge in [0.15, 0.2) is 0 Å². The Bertz CT molecular complexity index is 492. The average molecular weight is 300 g/mol. The highest BCUT2D eigenvalue weighted by Gasteiger charge is 2.14. The fraction of sp³-hybridized carbons (Fsp3) is 0.333. The van der Waals surface area contributed by atoms with Gasteiger partial charge in [-0.3, -0.25) is 4.55 Å². The maximum absolute atomic E-state index is 10.5. The summed E-state index contributed by atoms with van der Waals surface area (Å²) in [5, 5.41) is 12.9. The number of hydrogen-bond acceptors (Lipinski definition) is 4. The molecule has 1 aromatic rings. The van der Waals surface area contributed by atoms with Gasteiger partial charge in [-0.25, -0.2) is 0 Å². The molecule has 3 N–H and O–H groups in total. The van der Waals surface area contributed by atoms with Crippen LogP contribution in [0, 0.1) is 0 Å². The summed E-state index contributed by atoms with van der Waals surface area (Å²) in [7, 11) is -4.20. The lowest BCUT2D eigenvalue weighted by Crippen LogP contribution is -2.27. The molecule has 0 spiro atoms. The fourth-order valence-corrected chi connectivity index (χ4v) is 2.12. The van der Waals surface area contributed by atoms with Crippen molar-refractivity contribution in [2.24, 2.45) is 0 Å². The molecule has 0 saturated carbocycles. The predicted octanol–water partition coefficient (Wildman–Crippen LogP) is 1.65. The lowest BCUT2D eigenvalue weighted by Gasteiger charge is -2.12. The van der Waals surface area contributed by atoms with Gasteiger partial charge in [0, 0.05) is 11.6 Å². The topological polar surface area (TPSA) is 86.6 Å². The van der Waals surface area contributed by atoms with E-state index in [0.717, 1.165) is 0 Å². The van der Waals surface area contributed by atoms with Crippen molar-refractivity contribution in [1.29, 1.82) is 0 Å². The largest absolute Gasteiger partial charge is 0.390 e. The molecule has 1 rings (SSSR count). The monoisotopic (exact) mass is 299 g/mol. The van der Waals surface area contributed by atoms with Crippen LogP contribution in [0.15, 0.2) is 18.2 Å². The number of hydrogen-bond donors (Lipinski definition) is 3. The minimum Gasteiger partial charge on any atom is -0.390 e. The van der Waals surface area contributed by atoms with Crippen molar-refractivity contribution in [1.82, 2.24) is 0 Å². The van der Waals surface area contributed by atoms with Gasteiger partial charge in [-0.1, -0.05) is 23.2 Å². The number of rotatable bonds is 5. The van der Waals surface area contributed by atoms with Gasteiger partial charge in [-0.15, -0.1) is 0 Å². The van der Waals surface area contributed by atoms with Crippen LogP contribution in [0.4, 0.5) is 5.69 Å². The Kier molecular flexibility index (Phi) is 5.03. The van der Waals surface area contributed by atoms with E-state index in [0.29, 0.717) is 15.7 Å². The van der Waals surface area contributed by atoms with E-state index in [1.165, 1.54) is 0 Å². The Morgan fingerprint density at radius 1 is 1.35 bits per heavy atom. The van der Waals surface area contributed by atoms with Gasteiger partial charge in [0.25, 0.3) is 10.1 Å². The van der Waals surface area contributed by atoms with E-state index in [2.05, 4.69) is 5.32 Å². The normalized spacial score (nSPS) is 13.4. The van der Waals surface area contributed by atoms with Gasteiger partial charge in [-0.05, 0) is 18.2 Å². The number of aliphatic hydroxyl groups excluding tert-OH is 1. The van der Waals surface area contributed by atoms with Crippen LogP contribution in [0.5, 0.6) is 0 Å². The Morgan fingerprint density at radius 3 is 2.59 bits per heavy atom. The van der Waals surface area contributed by atoms with E-state index < -0.39 is 22.0 Å². The molecule has 0 aliphatic heterocycles. The van der Waals surface area contributed by atoms with Crippen LogP contribution in [-0.2, 0) is 10.1 Å². The Morgan fingerprint density at radius 2 is 2.00 bits per heavy atom. The highest BCUT2D eigenvalue weighted by molar-refractivity contribution is 7.85. The zero-order valence-corrected chi connectivity index (χ0v) is 10.9. The van der Waals surface area contributed by atoms with Gasteiger partial charge >= 0.3 is 0 Å². The molecule has 0 aromatic heterocycles. The first-order chi connectivity index (χ1) is 7.78. The SMILES string of the molecule is O=S(=O)(O)CC(O)CNc1cc(Cl)ccc1Cl. The van der Waals surface area contributed by atoms with Crippen molar-refractivity contribution < 1.29 is 18.1 Å². The summed E-state index contributed by atoms with van der Waals surface area (Å²) < 4.78 is 29.5. The molecular weight excluding hydrogens is 289 g/mol. The molecule has 96 valence electrons. The maximum Gasteiger partial charge on any atom is 0.267 e. The Labute approximate surface area is 109 Å². The summed E-state index contributed by atoms with van der Waals surface area (Å²) in [6.45, 7) is -0.0696. The van der Waals surface area contributed by atoms with Crippen LogP contribution in [0.2, 0.25) is 10.0 Å². The molecule has 5 nitrogen and oxygen atoms in total. The minimum atomic E-state index is -4.20. The maximum atomic E-state index is 10.5. The Balaban J connectivity index is 2.58. The van der Waals surface area contributed by atoms with Gasteiger partial charge < -0.3 is 10.4 Å². The molecule has 8 heteroatoms. The van der Waals surface area contributed by atoms with E-state index in [9.17, 15) is 13.5 Å². The lowest BCUT2D eigenvalue weighted by atomic mass is 10.3. The number of nitrogens with one attached hydrogen (secondary N) is 1. The van der Waals surface area contributed by atoms with Gasteiger partial charge in [0.05, 0.1) is 16.8 Å². The van der Waals surface area contributed by atoms with Gasteiger partial charge in [0.2, 0.25) is 0 Å². The molecule has 0 fully saturated rings. The molecule has 1 atom stereocenters.